The molecule has 2 aliphatic heterocycles. The highest BCUT2D eigenvalue weighted by Crippen LogP contribution is 2.44. The predicted octanol–water partition coefficient (Wildman–Crippen LogP) is -0.614. The number of imide groups is 2. The molecule has 0 radical (unpaired) electrons. The third-order valence-corrected chi connectivity index (χ3v) is 3.57. The molecule has 0 saturated carbocycles. The second-order valence-electron chi connectivity index (χ2n) is 4.65. The van der Waals surface area contributed by atoms with Crippen LogP contribution in [-0.2, 0) is 19.2 Å². The molecule has 1 atom stereocenters. The van der Waals surface area contributed by atoms with E-state index >= 15 is 0 Å². The zero-order valence-corrected chi connectivity index (χ0v) is 10.0. The van der Waals surface area contributed by atoms with Crippen LogP contribution in [0.3, 0.4) is 0 Å². The Bertz CT molecular complexity index is 409. The quantitative estimate of drug-likeness (QED) is 0.485. The van der Waals surface area contributed by atoms with E-state index in [1.807, 2.05) is 13.8 Å². The minimum absolute atomic E-state index is 0.170. The SMILES string of the molecule is CCC(C)CN1C(=O)C2(C(=O)N(C)C2=O)C1=O. The van der Waals surface area contributed by atoms with E-state index in [0.717, 1.165) is 16.2 Å². The maximum absolute atomic E-state index is 11.8. The van der Waals surface area contributed by atoms with Crippen LogP contribution in [0, 0.1) is 11.3 Å². The van der Waals surface area contributed by atoms with Gasteiger partial charge in [0.05, 0.1) is 0 Å². The van der Waals surface area contributed by atoms with Gasteiger partial charge in [-0.25, -0.2) is 0 Å². The fraction of sp³-hybridized carbons (Fsp3) is 0.636. The Morgan fingerprint density at radius 1 is 1.06 bits per heavy atom. The highest BCUT2D eigenvalue weighted by Gasteiger charge is 2.79. The Balaban J connectivity index is 2.18. The lowest BCUT2D eigenvalue weighted by atomic mass is 9.69. The summed E-state index contributed by atoms with van der Waals surface area (Å²) in [6, 6.07) is 0. The molecule has 0 aliphatic carbocycles. The van der Waals surface area contributed by atoms with E-state index in [4.69, 9.17) is 0 Å². The normalized spacial score (nSPS) is 23.9. The standard InChI is InChI=1S/C11H14N2O4/c1-4-6(2)5-13-9(16)11(10(13)17)7(14)12(3)8(11)15/h6H,4-5H2,1-3H3. The van der Waals surface area contributed by atoms with Crippen molar-refractivity contribution in [2.75, 3.05) is 13.6 Å². The summed E-state index contributed by atoms with van der Waals surface area (Å²) in [5.41, 5.74) is -2.00. The Morgan fingerprint density at radius 2 is 1.53 bits per heavy atom. The first-order valence-electron chi connectivity index (χ1n) is 5.58. The van der Waals surface area contributed by atoms with Crippen molar-refractivity contribution < 1.29 is 19.2 Å². The molecule has 0 N–H and O–H groups in total. The predicted molar refractivity (Wildman–Crippen MR) is 56.4 cm³/mol. The number of β-lactam (4-membered cyclic amide) rings is 4. The van der Waals surface area contributed by atoms with Crippen LogP contribution >= 0.6 is 0 Å². The van der Waals surface area contributed by atoms with Crippen molar-refractivity contribution in [1.29, 1.82) is 0 Å². The van der Waals surface area contributed by atoms with E-state index in [1.54, 1.807) is 0 Å². The topological polar surface area (TPSA) is 74.8 Å². The summed E-state index contributed by atoms with van der Waals surface area (Å²) in [6.45, 7) is 4.13. The second kappa shape index (κ2) is 3.38. The molecule has 4 amide bonds. The van der Waals surface area contributed by atoms with Crippen molar-refractivity contribution >= 4 is 23.6 Å². The van der Waals surface area contributed by atoms with Crippen molar-refractivity contribution in [1.82, 2.24) is 9.80 Å². The van der Waals surface area contributed by atoms with Crippen LogP contribution in [0.1, 0.15) is 20.3 Å². The van der Waals surface area contributed by atoms with Crippen LogP contribution in [0.2, 0.25) is 0 Å². The third kappa shape index (κ3) is 1.10. The fourth-order valence-electron chi connectivity index (χ4n) is 2.14. The van der Waals surface area contributed by atoms with E-state index in [2.05, 4.69) is 0 Å². The summed E-state index contributed by atoms with van der Waals surface area (Å²) in [4.78, 5) is 48.6. The smallest absolute Gasteiger partial charge is 0.282 e. The van der Waals surface area contributed by atoms with Gasteiger partial charge in [0.25, 0.3) is 29.0 Å². The number of rotatable bonds is 3. The van der Waals surface area contributed by atoms with Gasteiger partial charge >= 0.3 is 0 Å². The third-order valence-electron chi connectivity index (χ3n) is 3.57. The van der Waals surface area contributed by atoms with Crippen molar-refractivity contribution in [2.24, 2.45) is 11.3 Å². The number of nitrogens with zero attached hydrogens (tertiary/aromatic N) is 2. The zero-order valence-electron chi connectivity index (χ0n) is 10.0. The molecule has 1 spiro atoms. The molecule has 0 aromatic rings. The van der Waals surface area contributed by atoms with Crippen molar-refractivity contribution in [2.45, 2.75) is 20.3 Å². The molecule has 6 nitrogen and oxygen atoms in total. The minimum Gasteiger partial charge on any atom is -0.282 e. The van der Waals surface area contributed by atoms with Gasteiger partial charge in [-0.3, -0.25) is 29.0 Å². The van der Waals surface area contributed by atoms with Gasteiger partial charge in [-0.15, -0.1) is 0 Å². The summed E-state index contributed by atoms with van der Waals surface area (Å²) in [6.07, 6.45) is 0.825. The number of hydrogen-bond donors (Lipinski definition) is 0. The van der Waals surface area contributed by atoms with Gasteiger partial charge in [-0.1, -0.05) is 20.3 Å². The Hall–Kier alpha value is -1.72. The van der Waals surface area contributed by atoms with Crippen LogP contribution in [0.15, 0.2) is 0 Å². The van der Waals surface area contributed by atoms with Gasteiger partial charge < -0.3 is 0 Å². The van der Waals surface area contributed by atoms with Gasteiger partial charge in [-0.05, 0) is 5.92 Å². The number of hydrogen-bond acceptors (Lipinski definition) is 4. The average molecular weight is 238 g/mol. The van der Waals surface area contributed by atoms with Gasteiger partial charge in [0, 0.05) is 13.6 Å². The van der Waals surface area contributed by atoms with Crippen LogP contribution in [0.5, 0.6) is 0 Å². The van der Waals surface area contributed by atoms with Gasteiger partial charge in [0.15, 0.2) is 0 Å². The van der Waals surface area contributed by atoms with Crippen LogP contribution in [0.25, 0.3) is 0 Å². The lowest BCUT2D eigenvalue weighted by Crippen LogP contribution is -2.83. The molecule has 2 saturated heterocycles. The Kier molecular flexibility index (Phi) is 2.34. The van der Waals surface area contributed by atoms with Gasteiger partial charge in [-0.2, -0.15) is 0 Å². The molecule has 2 heterocycles. The Morgan fingerprint density at radius 3 is 1.94 bits per heavy atom. The average Bonchev–Trinajstić information content (AvgIpc) is 2.35. The van der Waals surface area contributed by atoms with Gasteiger partial charge in [0.1, 0.15) is 0 Å². The Labute approximate surface area is 98.5 Å². The van der Waals surface area contributed by atoms with E-state index < -0.39 is 29.0 Å². The fourth-order valence-corrected chi connectivity index (χ4v) is 2.14. The van der Waals surface area contributed by atoms with E-state index in [-0.39, 0.29) is 12.5 Å². The lowest BCUT2D eigenvalue weighted by molar-refractivity contribution is -0.198. The first-order valence-corrected chi connectivity index (χ1v) is 5.58. The van der Waals surface area contributed by atoms with E-state index in [0.29, 0.717) is 0 Å². The van der Waals surface area contributed by atoms with E-state index in [9.17, 15) is 19.2 Å². The molecule has 2 rings (SSSR count). The molecule has 0 aromatic carbocycles. The highest BCUT2D eigenvalue weighted by molar-refractivity contribution is 6.52. The maximum Gasteiger partial charge on any atom is 0.284 e. The number of carbonyl (C=O) groups is 4. The summed E-state index contributed by atoms with van der Waals surface area (Å²) < 4.78 is 0. The lowest BCUT2D eigenvalue weighted by Gasteiger charge is -2.51. The van der Waals surface area contributed by atoms with Crippen LogP contribution in [0.4, 0.5) is 0 Å². The summed E-state index contributed by atoms with van der Waals surface area (Å²) in [5.74, 6) is -2.54. The molecule has 0 aromatic heterocycles. The molecular weight excluding hydrogens is 224 g/mol. The summed E-state index contributed by atoms with van der Waals surface area (Å²) >= 11 is 0. The molecule has 1 unspecified atom stereocenters. The summed E-state index contributed by atoms with van der Waals surface area (Å²) in [5, 5.41) is 0. The molecule has 2 fully saturated rings. The van der Waals surface area contributed by atoms with Crippen molar-refractivity contribution in [3.63, 3.8) is 0 Å². The molecule has 92 valence electrons. The largest absolute Gasteiger partial charge is 0.284 e. The first kappa shape index (κ1) is 11.8. The number of amides is 4. The molecule has 17 heavy (non-hydrogen) atoms. The van der Waals surface area contributed by atoms with E-state index in [1.165, 1.54) is 7.05 Å². The first-order chi connectivity index (χ1) is 7.88. The number of carbonyl (C=O) groups excluding carboxylic acids is 4. The monoisotopic (exact) mass is 238 g/mol. The van der Waals surface area contributed by atoms with Crippen molar-refractivity contribution in [3.05, 3.63) is 0 Å². The van der Waals surface area contributed by atoms with Crippen LogP contribution in [-0.4, -0.2) is 47.0 Å². The molecule has 0 bridgehead atoms. The van der Waals surface area contributed by atoms with Crippen LogP contribution < -0.4 is 0 Å². The van der Waals surface area contributed by atoms with Gasteiger partial charge in [0.2, 0.25) is 0 Å². The molecular formula is C11H14N2O4. The zero-order chi connectivity index (χ0) is 13.0. The minimum atomic E-state index is -2.00. The summed E-state index contributed by atoms with van der Waals surface area (Å²) in [7, 11) is 1.27. The molecule has 6 heteroatoms. The number of likely N-dealkylation sites (tertiary alicyclic amines) is 2. The maximum atomic E-state index is 11.8. The van der Waals surface area contributed by atoms with Crippen molar-refractivity contribution in [3.8, 4) is 0 Å². The second-order valence-corrected chi connectivity index (χ2v) is 4.65. The highest BCUT2D eigenvalue weighted by atomic mass is 16.2. The molecule has 2 aliphatic rings.